The second-order valence-electron chi connectivity index (χ2n) is 3.85. The Bertz CT molecular complexity index is 382. The number of rotatable bonds is 3. The van der Waals surface area contributed by atoms with Gasteiger partial charge in [0.15, 0.2) is 0 Å². The molecule has 0 saturated carbocycles. The molecule has 1 fully saturated rings. The van der Waals surface area contributed by atoms with Gasteiger partial charge < -0.3 is 9.30 Å². The summed E-state index contributed by atoms with van der Waals surface area (Å²) in [6.45, 7) is 2.32. The topological polar surface area (TPSA) is 31.2 Å². The predicted octanol–water partition coefficient (Wildman–Crippen LogP) is 1.62. The van der Waals surface area contributed by atoms with Crippen molar-refractivity contribution >= 4 is 11.6 Å². The van der Waals surface area contributed by atoms with Crippen LogP contribution in [0.2, 0.25) is 0 Å². The molecular formula is C11H14ClNO2. The Morgan fingerprint density at radius 1 is 1.60 bits per heavy atom. The van der Waals surface area contributed by atoms with Crippen molar-refractivity contribution in [3.63, 3.8) is 0 Å². The van der Waals surface area contributed by atoms with E-state index in [9.17, 15) is 4.79 Å². The molecule has 0 spiro atoms. The highest BCUT2D eigenvalue weighted by molar-refractivity contribution is 6.17. The minimum absolute atomic E-state index is 0.0272. The third-order valence-electron chi connectivity index (χ3n) is 2.72. The first kappa shape index (κ1) is 10.7. The van der Waals surface area contributed by atoms with E-state index in [1.165, 1.54) is 0 Å². The van der Waals surface area contributed by atoms with Crippen LogP contribution < -0.4 is 5.56 Å². The smallest absolute Gasteiger partial charge is 0.254 e. The normalized spacial score (nSPS) is 20.7. The van der Waals surface area contributed by atoms with Crippen LogP contribution in [0.3, 0.4) is 0 Å². The fourth-order valence-corrected chi connectivity index (χ4v) is 2.04. The van der Waals surface area contributed by atoms with Crippen molar-refractivity contribution in [2.24, 2.45) is 5.92 Å². The standard InChI is InChI=1S/C11H14ClNO2/c12-6-10-2-1-4-13(11(10)14)7-9-3-5-15-8-9/h1-2,4,9H,3,5-8H2. The van der Waals surface area contributed by atoms with Gasteiger partial charge in [0.25, 0.3) is 5.56 Å². The lowest BCUT2D eigenvalue weighted by Crippen LogP contribution is -2.25. The number of aromatic nitrogens is 1. The summed E-state index contributed by atoms with van der Waals surface area (Å²) in [5, 5.41) is 0. The van der Waals surface area contributed by atoms with E-state index in [1.54, 1.807) is 10.6 Å². The molecule has 1 unspecified atom stereocenters. The van der Waals surface area contributed by atoms with Crippen LogP contribution >= 0.6 is 11.6 Å². The minimum atomic E-state index is 0.0272. The zero-order chi connectivity index (χ0) is 10.7. The summed E-state index contributed by atoms with van der Waals surface area (Å²) in [7, 11) is 0. The van der Waals surface area contributed by atoms with Crippen LogP contribution in [0.15, 0.2) is 23.1 Å². The predicted molar refractivity (Wildman–Crippen MR) is 59.2 cm³/mol. The summed E-state index contributed by atoms with van der Waals surface area (Å²) in [4.78, 5) is 11.8. The van der Waals surface area contributed by atoms with Gasteiger partial charge in [-0.25, -0.2) is 0 Å². The summed E-state index contributed by atoms with van der Waals surface area (Å²) >= 11 is 5.68. The van der Waals surface area contributed by atoms with Gasteiger partial charge in [-0.3, -0.25) is 4.79 Å². The van der Waals surface area contributed by atoms with Crippen molar-refractivity contribution in [1.82, 2.24) is 4.57 Å². The molecule has 1 aliphatic heterocycles. The molecule has 2 rings (SSSR count). The van der Waals surface area contributed by atoms with Crippen LogP contribution in [0.1, 0.15) is 12.0 Å². The molecule has 0 aromatic carbocycles. The molecule has 1 aromatic rings. The second-order valence-corrected chi connectivity index (χ2v) is 4.12. The summed E-state index contributed by atoms with van der Waals surface area (Å²) in [5.41, 5.74) is 0.692. The van der Waals surface area contributed by atoms with E-state index in [4.69, 9.17) is 16.3 Å². The first-order valence-corrected chi connectivity index (χ1v) is 5.66. The van der Waals surface area contributed by atoms with Gasteiger partial charge in [-0.2, -0.15) is 0 Å². The average Bonchev–Trinajstić information content (AvgIpc) is 2.74. The molecule has 0 bridgehead atoms. The fraction of sp³-hybridized carbons (Fsp3) is 0.545. The van der Waals surface area contributed by atoms with Crippen molar-refractivity contribution < 1.29 is 4.74 Å². The Morgan fingerprint density at radius 3 is 3.13 bits per heavy atom. The van der Waals surface area contributed by atoms with E-state index in [2.05, 4.69) is 0 Å². The van der Waals surface area contributed by atoms with Crippen molar-refractivity contribution in [3.8, 4) is 0 Å². The quantitative estimate of drug-likeness (QED) is 0.735. The first-order chi connectivity index (χ1) is 7.31. The molecule has 2 heterocycles. The number of ether oxygens (including phenoxy) is 1. The molecule has 0 N–H and O–H groups in total. The van der Waals surface area contributed by atoms with E-state index < -0.39 is 0 Å². The molecular weight excluding hydrogens is 214 g/mol. The third-order valence-corrected chi connectivity index (χ3v) is 3.01. The summed E-state index contributed by atoms with van der Waals surface area (Å²) < 4.78 is 7.02. The van der Waals surface area contributed by atoms with Crippen LogP contribution in [0.25, 0.3) is 0 Å². The van der Waals surface area contributed by atoms with Crippen LogP contribution in [0.4, 0.5) is 0 Å². The van der Waals surface area contributed by atoms with Gasteiger partial charge >= 0.3 is 0 Å². The highest BCUT2D eigenvalue weighted by atomic mass is 35.5. The SMILES string of the molecule is O=c1c(CCl)cccn1CC1CCOC1. The maximum absolute atomic E-state index is 11.8. The highest BCUT2D eigenvalue weighted by Crippen LogP contribution is 2.13. The lowest BCUT2D eigenvalue weighted by molar-refractivity contribution is 0.182. The Balaban J connectivity index is 2.17. The number of alkyl halides is 1. The zero-order valence-corrected chi connectivity index (χ0v) is 9.24. The molecule has 1 atom stereocenters. The van der Waals surface area contributed by atoms with E-state index in [-0.39, 0.29) is 11.4 Å². The molecule has 0 amide bonds. The van der Waals surface area contributed by atoms with Crippen LogP contribution in [0.5, 0.6) is 0 Å². The van der Waals surface area contributed by atoms with Gasteiger partial charge in [-0.1, -0.05) is 6.07 Å². The molecule has 82 valence electrons. The molecule has 15 heavy (non-hydrogen) atoms. The molecule has 1 aromatic heterocycles. The van der Waals surface area contributed by atoms with E-state index in [0.717, 1.165) is 26.2 Å². The molecule has 4 heteroatoms. The molecule has 0 aliphatic carbocycles. The van der Waals surface area contributed by atoms with Crippen molar-refractivity contribution in [2.75, 3.05) is 13.2 Å². The first-order valence-electron chi connectivity index (χ1n) is 5.13. The Kier molecular flexibility index (Phi) is 3.44. The third kappa shape index (κ3) is 2.41. The molecule has 0 radical (unpaired) electrons. The monoisotopic (exact) mass is 227 g/mol. The summed E-state index contributed by atoms with van der Waals surface area (Å²) in [5.74, 6) is 0.745. The van der Waals surface area contributed by atoms with E-state index >= 15 is 0 Å². The Labute approximate surface area is 93.6 Å². The zero-order valence-electron chi connectivity index (χ0n) is 8.49. The fourth-order valence-electron chi connectivity index (χ4n) is 1.84. The second kappa shape index (κ2) is 4.81. The number of nitrogens with zero attached hydrogens (tertiary/aromatic N) is 1. The molecule has 3 nitrogen and oxygen atoms in total. The van der Waals surface area contributed by atoms with Gasteiger partial charge in [-0.15, -0.1) is 11.6 Å². The minimum Gasteiger partial charge on any atom is -0.381 e. The number of halogens is 1. The summed E-state index contributed by atoms with van der Waals surface area (Å²) in [6.07, 6.45) is 2.86. The van der Waals surface area contributed by atoms with Crippen LogP contribution in [0, 0.1) is 5.92 Å². The number of hydrogen-bond acceptors (Lipinski definition) is 2. The molecule has 1 saturated heterocycles. The average molecular weight is 228 g/mol. The highest BCUT2D eigenvalue weighted by Gasteiger charge is 2.16. The Morgan fingerprint density at radius 2 is 2.47 bits per heavy atom. The molecule has 1 aliphatic rings. The number of hydrogen-bond donors (Lipinski definition) is 0. The van der Waals surface area contributed by atoms with Gasteiger partial charge in [0.1, 0.15) is 0 Å². The van der Waals surface area contributed by atoms with Crippen molar-refractivity contribution in [3.05, 3.63) is 34.2 Å². The van der Waals surface area contributed by atoms with E-state index in [1.807, 2.05) is 12.3 Å². The maximum atomic E-state index is 11.8. The Hall–Kier alpha value is -0.800. The van der Waals surface area contributed by atoms with Gasteiger partial charge in [0.2, 0.25) is 0 Å². The van der Waals surface area contributed by atoms with Crippen LogP contribution in [-0.4, -0.2) is 17.8 Å². The van der Waals surface area contributed by atoms with Crippen molar-refractivity contribution in [2.45, 2.75) is 18.8 Å². The maximum Gasteiger partial charge on any atom is 0.254 e. The van der Waals surface area contributed by atoms with E-state index in [0.29, 0.717) is 11.5 Å². The van der Waals surface area contributed by atoms with Crippen molar-refractivity contribution in [1.29, 1.82) is 0 Å². The van der Waals surface area contributed by atoms with Gasteiger partial charge in [0.05, 0.1) is 12.5 Å². The van der Waals surface area contributed by atoms with Gasteiger partial charge in [-0.05, 0) is 12.5 Å². The van der Waals surface area contributed by atoms with Gasteiger partial charge in [0, 0.05) is 30.8 Å². The lowest BCUT2D eigenvalue weighted by atomic mass is 10.1. The van der Waals surface area contributed by atoms with Crippen LogP contribution in [-0.2, 0) is 17.2 Å². The summed E-state index contributed by atoms with van der Waals surface area (Å²) in [6, 6.07) is 3.64. The largest absolute Gasteiger partial charge is 0.381 e. The number of pyridine rings is 1. The lowest BCUT2D eigenvalue weighted by Gasteiger charge is -2.10.